The van der Waals surface area contributed by atoms with Gasteiger partial charge in [0.05, 0.1) is 6.61 Å². The van der Waals surface area contributed by atoms with Crippen LogP contribution < -0.4 is 0 Å². The molecule has 0 heterocycles. The average molecular weight is 433 g/mol. The number of aliphatic hydroxyl groups is 5. The Labute approximate surface area is 181 Å². The van der Waals surface area contributed by atoms with Gasteiger partial charge in [0.2, 0.25) is 0 Å². The molecule has 5 atom stereocenters. The topological polar surface area (TPSA) is 127 Å². The van der Waals surface area contributed by atoms with Crippen molar-refractivity contribution in [3.8, 4) is 0 Å². The van der Waals surface area contributed by atoms with Gasteiger partial charge in [-0.3, -0.25) is 4.79 Å². The number of hydrogen-bond acceptors (Lipinski definition) is 7. The minimum atomic E-state index is -1.73. The third-order valence-electron chi connectivity index (χ3n) is 5.33. The van der Waals surface area contributed by atoms with Gasteiger partial charge >= 0.3 is 5.97 Å². The van der Waals surface area contributed by atoms with E-state index in [4.69, 9.17) is 9.84 Å². The first-order valence-corrected chi connectivity index (χ1v) is 11.2. The summed E-state index contributed by atoms with van der Waals surface area (Å²) in [5, 5.41) is 46.9. The molecule has 0 aliphatic carbocycles. The largest absolute Gasteiger partial charge is 0.463 e. The molecule has 0 aliphatic heterocycles. The standard InChI is InChI=1S/C23H44O7/c1-16(2)8-5-9-17(3)10-6-11-18(4)12-7-13-21(27)30-15-20(26)23(29)22(28)19(25)14-24/h12,16-17,19-20,22-26,28-29H,5-11,13-15H2,1-4H3/b18-12+/t17?,19-,20+,22-,23-/m0/s1. The van der Waals surface area contributed by atoms with Gasteiger partial charge in [0.15, 0.2) is 0 Å². The molecule has 0 bridgehead atoms. The van der Waals surface area contributed by atoms with Gasteiger partial charge in [-0.15, -0.1) is 0 Å². The second-order valence-corrected chi connectivity index (χ2v) is 8.89. The Morgan fingerprint density at radius 1 is 0.900 bits per heavy atom. The first-order chi connectivity index (χ1) is 14.1. The van der Waals surface area contributed by atoms with E-state index in [1.54, 1.807) is 0 Å². The van der Waals surface area contributed by atoms with E-state index >= 15 is 0 Å². The van der Waals surface area contributed by atoms with Gasteiger partial charge < -0.3 is 30.3 Å². The van der Waals surface area contributed by atoms with Crippen molar-refractivity contribution in [3.63, 3.8) is 0 Å². The van der Waals surface area contributed by atoms with Crippen molar-refractivity contribution in [2.45, 2.75) is 103 Å². The molecule has 7 heteroatoms. The SMILES string of the molecule is C/C(=C\CCC(=O)OC[C@@H](O)[C@H](O)[C@@H](O)[C@@H](O)CO)CCCC(C)CCCC(C)C. The highest BCUT2D eigenvalue weighted by molar-refractivity contribution is 5.69. The Balaban J connectivity index is 3.98. The summed E-state index contributed by atoms with van der Waals surface area (Å²) in [5.41, 5.74) is 1.24. The Bertz CT molecular complexity index is 478. The maximum Gasteiger partial charge on any atom is 0.306 e. The fourth-order valence-electron chi connectivity index (χ4n) is 3.20. The molecule has 0 aromatic heterocycles. The summed E-state index contributed by atoms with van der Waals surface area (Å²) in [5.74, 6) is 1.000. The number of carbonyl (C=O) groups is 1. The smallest absolute Gasteiger partial charge is 0.306 e. The molecular weight excluding hydrogens is 388 g/mol. The van der Waals surface area contributed by atoms with E-state index in [2.05, 4.69) is 27.7 Å². The number of hydrogen-bond donors (Lipinski definition) is 5. The summed E-state index contributed by atoms with van der Waals surface area (Å²) >= 11 is 0. The van der Waals surface area contributed by atoms with E-state index in [1.807, 2.05) is 6.08 Å². The second kappa shape index (κ2) is 16.7. The highest BCUT2D eigenvalue weighted by atomic mass is 16.5. The normalized spacial score (nSPS) is 17.5. The predicted octanol–water partition coefficient (Wildman–Crippen LogP) is 2.32. The lowest BCUT2D eigenvalue weighted by molar-refractivity contribution is -0.156. The van der Waals surface area contributed by atoms with E-state index in [9.17, 15) is 25.2 Å². The summed E-state index contributed by atoms with van der Waals surface area (Å²) in [4.78, 5) is 11.8. The molecule has 7 nitrogen and oxygen atoms in total. The van der Waals surface area contributed by atoms with Crippen molar-refractivity contribution < 1.29 is 35.1 Å². The molecule has 0 aromatic carbocycles. The monoisotopic (exact) mass is 432 g/mol. The molecule has 0 saturated carbocycles. The molecule has 0 aliphatic rings. The van der Waals surface area contributed by atoms with Crippen LogP contribution >= 0.6 is 0 Å². The fraction of sp³-hybridized carbons (Fsp3) is 0.870. The van der Waals surface area contributed by atoms with Crippen LogP contribution in [-0.2, 0) is 9.53 Å². The molecule has 178 valence electrons. The lowest BCUT2D eigenvalue weighted by Crippen LogP contribution is -2.47. The fourth-order valence-corrected chi connectivity index (χ4v) is 3.20. The first kappa shape index (κ1) is 29.0. The summed E-state index contributed by atoms with van der Waals surface area (Å²) in [6.07, 6.45) is 3.37. The highest BCUT2D eigenvalue weighted by Crippen LogP contribution is 2.19. The van der Waals surface area contributed by atoms with Crippen LogP contribution in [0.5, 0.6) is 0 Å². The second-order valence-electron chi connectivity index (χ2n) is 8.89. The molecule has 0 amide bonds. The van der Waals surface area contributed by atoms with Crippen molar-refractivity contribution in [1.29, 1.82) is 0 Å². The van der Waals surface area contributed by atoms with Crippen LogP contribution in [0.25, 0.3) is 0 Å². The van der Waals surface area contributed by atoms with Crippen molar-refractivity contribution in [3.05, 3.63) is 11.6 Å². The van der Waals surface area contributed by atoms with E-state index in [1.165, 1.54) is 31.3 Å². The Morgan fingerprint density at radius 2 is 1.50 bits per heavy atom. The van der Waals surface area contributed by atoms with Gasteiger partial charge in [0.25, 0.3) is 0 Å². The zero-order valence-corrected chi connectivity index (χ0v) is 19.2. The predicted molar refractivity (Wildman–Crippen MR) is 117 cm³/mol. The quantitative estimate of drug-likeness (QED) is 0.176. The van der Waals surface area contributed by atoms with E-state index in [0.29, 0.717) is 6.42 Å². The molecule has 0 saturated heterocycles. The van der Waals surface area contributed by atoms with E-state index in [0.717, 1.165) is 24.7 Å². The Morgan fingerprint density at radius 3 is 2.10 bits per heavy atom. The Kier molecular flexibility index (Phi) is 16.1. The summed E-state index contributed by atoms with van der Waals surface area (Å²) < 4.78 is 4.90. The summed E-state index contributed by atoms with van der Waals surface area (Å²) in [6, 6.07) is 0. The van der Waals surface area contributed by atoms with Gasteiger partial charge in [-0.1, -0.05) is 58.1 Å². The first-order valence-electron chi connectivity index (χ1n) is 11.2. The molecule has 0 fully saturated rings. The summed E-state index contributed by atoms with van der Waals surface area (Å²) in [6.45, 7) is 7.64. The number of rotatable bonds is 17. The van der Waals surface area contributed by atoms with Crippen molar-refractivity contribution in [1.82, 2.24) is 0 Å². The van der Waals surface area contributed by atoms with E-state index in [-0.39, 0.29) is 6.42 Å². The van der Waals surface area contributed by atoms with Crippen LogP contribution in [0.15, 0.2) is 11.6 Å². The summed E-state index contributed by atoms with van der Waals surface area (Å²) in [7, 11) is 0. The number of aliphatic hydroxyl groups excluding tert-OH is 5. The van der Waals surface area contributed by atoms with Crippen LogP contribution in [0.4, 0.5) is 0 Å². The van der Waals surface area contributed by atoms with Gasteiger partial charge in [0, 0.05) is 6.42 Å². The molecular formula is C23H44O7. The molecule has 0 aromatic rings. The lowest BCUT2D eigenvalue weighted by Gasteiger charge is -2.25. The highest BCUT2D eigenvalue weighted by Gasteiger charge is 2.30. The molecule has 0 radical (unpaired) electrons. The van der Waals surface area contributed by atoms with Crippen LogP contribution in [0.1, 0.15) is 79.1 Å². The van der Waals surface area contributed by atoms with Crippen molar-refractivity contribution in [2.24, 2.45) is 11.8 Å². The van der Waals surface area contributed by atoms with Gasteiger partial charge in [-0.05, 0) is 38.0 Å². The number of allylic oxidation sites excluding steroid dienone is 2. The number of ether oxygens (including phenoxy) is 1. The number of esters is 1. The molecule has 0 rings (SSSR count). The van der Waals surface area contributed by atoms with Gasteiger partial charge in [-0.25, -0.2) is 0 Å². The van der Waals surface area contributed by atoms with E-state index < -0.39 is 43.6 Å². The van der Waals surface area contributed by atoms with Gasteiger partial charge in [0.1, 0.15) is 31.0 Å². The molecule has 30 heavy (non-hydrogen) atoms. The maximum atomic E-state index is 11.8. The Hall–Kier alpha value is -0.990. The third-order valence-corrected chi connectivity index (χ3v) is 5.33. The zero-order chi connectivity index (χ0) is 23.1. The maximum absolute atomic E-state index is 11.8. The molecule has 1 unspecified atom stereocenters. The van der Waals surface area contributed by atoms with Crippen LogP contribution in [0, 0.1) is 11.8 Å². The zero-order valence-electron chi connectivity index (χ0n) is 19.2. The third kappa shape index (κ3) is 14.1. The lowest BCUT2D eigenvalue weighted by atomic mass is 9.94. The van der Waals surface area contributed by atoms with Crippen molar-refractivity contribution >= 4 is 5.97 Å². The minimum absolute atomic E-state index is 0.160. The van der Waals surface area contributed by atoms with Gasteiger partial charge in [-0.2, -0.15) is 0 Å². The average Bonchev–Trinajstić information content (AvgIpc) is 2.69. The molecule has 5 N–H and O–H groups in total. The number of carbonyl (C=O) groups excluding carboxylic acids is 1. The minimum Gasteiger partial charge on any atom is -0.463 e. The van der Waals surface area contributed by atoms with Crippen LogP contribution in [0.2, 0.25) is 0 Å². The van der Waals surface area contributed by atoms with Crippen LogP contribution in [-0.4, -0.2) is 69.1 Å². The van der Waals surface area contributed by atoms with Crippen LogP contribution in [0.3, 0.4) is 0 Å². The molecule has 0 spiro atoms. The van der Waals surface area contributed by atoms with Crippen molar-refractivity contribution in [2.75, 3.05) is 13.2 Å².